The molecule has 7 nitrogen and oxygen atoms in total. The van der Waals surface area contributed by atoms with Crippen LogP contribution in [0, 0.1) is 5.92 Å². The summed E-state index contributed by atoms with van der Waals surface area (Å²) in [6, 6.07) is -0.373. The third-order valence-corrected chi connectivity index (χ3v) is 3.78. The molecule has 0 saturated heterocycles. The van der Waals surface area contributed by atoms with Crippen LogP contribution in [-0.2, 0) is 19.1 Å². The lowest BCUT2D eigenvalue weighted by Gasteiger charge is -2.28. The van der Waals surface area contributed by atoms with Crippen molar-refractivity contribution in [3.8, 4) is 0 Å². The van der Waals surface area contributed by atoms with Gasteiger partial charge in [-0.2, -0.15) is 0 Å². The van der Waals surface area contributed by atoms with E-state index in [0.717, 1.165) is 6.42 Å². The average Bonchev–Trinajstić information content (AvgIpc) is 2.59. The minimum Gasteiger partial charge on any atom is -0.463 e. The summed E-state index contributed by atoms with van der Waals surface area (Å²) >= 11 is 0. The molecule has 0 aromatic heterocycles. The standard InChI is InChI=1S/C20H34N2O5/c1-6-8-9-11-18(25)27-14-20(4,5)22-19(26)16(10-7-2)12-17(24)21-15(3)13-23/h6-7,15-16,23H,1-2,8-14H2,3-5H3,(H,21,24)(H,22,26)/t15-,16+/m0/s1. The molecular formula is C20H34N2O5. The second kappa shape index (κ2) is 13.1. The maximum Gasteiger partial charge on any atom is 0.305 e. The van der Waals surface area contributed by atoms with Crippen LogP contribution in [0.4, 0.5) is 0 Å². The van der Waals surface area contributed by atoms with Gasteiger partial charge in [0, 0.05) is 18.9 Å². The molecule has 0 aromatic carbocycles. The molecule has 7 heteroatoms. The third kappa shape index (κ3) is 12.0. The first-order valence-corrected chi connectivity index (χ1v) is 9.24. The fraction of sp³-hybridized carbons (Fsp3) is 0.650. The van der Waals surface area contributed by atoms with Crippen molar-refractivity contribution in [2.75, 3.05) is 13.2 Å². The number of amides is 2. The SMILES string of the molecule is C=CCCCC(=O)OCC(C)(C)NC(=O)[C@H](CC=C)CC(=O)N[C@@H](C)CO. The van der Waals surface area contributed by atoms with E-state index in [4.69, 9.17) is 9.84 Å². The van der Waals surface area contributed by atoms with Crippen LogP contribution in [0.3, 0.4) is 0 Å². The molecule has 27 heavy (non-hydrogen) atoms. The van der Waals surface area contributed by atoms with Crippen molar-refractivity contribution in [1.82, 2.24) is 10.6 Å². The Balaban J connectivity index is 4.61. The Morgan fingerprint density at radius 2 is 1.89 bits per heavy atom. The molecule has 0 heterocycles. The summed E-state index contributed by atoms with van der Waals surface area (Å²) in [5.74, 6) is -1.53. The quantitative estimate of drug-likeness (QED) is 0.242. The van der Waals surface area contributed by atoms with Gasteiger partial charge in [-0.3, -0.25) is 14.4 Å². The van der Waals surface area contributed by atoms with Gasteiger partial charge in [-0.1, -0.05) is 12.2 Å². The second-order valence-electron chi connectivity index (χ2n) is 7.29. The predicted molar refractivity (Wildman–Crippen MR) is 105 cm³/mol. The number of unbranched alkanes of at least 4 members (excludes halogenated alkanes) is 1. The van der Waals surface area contributed by atoms with Crippen molar-refractivity contribution in [3.63, 3.8) is 0 Å². The van der Waals surface area contributed by atoms with Gasteiger partial charge in [-0.25, -0.2) is 0 Å². The minimum absolute atomic E-state index is 0.0143. The number of esters is 1. The summed E-state index contributed by atoms with van der Waals surface area (Å²) in [5, 5.41) is 14.4. The van der Waals surface area contributed by atoms with Gasteiger partial charge in [-0.05, 0) is 40.0 Å². The molecule has 0 spiro atoms. The maximum atomic E-state index is 12.6. The zero-order chi connectivity index (χ0) is 20.9. The molecule has 0 radical (unpaired) electrons. The molecule has 0 fully saturated rings. The number of nitrogens with one attached hydrogen (secondary N) is 2. The molecule has 3 N–H and O–H groups in total. The lowest BCUT2D eigenvalue weighted by Crippen LogP contribution is -2.50. The maximum absolute atomic E-state index is 12.6. The zero-order valence-electron chi connectivity index (χ0n) is 16.8. The van der Waals surface area contributed by atoms with Crippen molar-refractivity contribution in [1.29, 1.82) is 0 Å². The number of hydrogen-bond acceptors (Lipinski definition) is 5. The Bertz CT molecular complexity index is 517. The average molecular weight is 383 g/mol. The van der Waals surface area contributed by atoms with Gasteiger partial charge in [0.2, 0.25) is 11.8 Å². The van der Waals surface area contributed by atoms with E-state index in [1.165, 1.54) is 0 Å². The summed E-state index contributed by atoms with van der Waals surface area (Å²) in [4.78, 5) is 36.3. The summed E-state index contributed by atoms with van der Waals surface area (Å²) in [6.45, 7) is 12.3. The van der Waals surface area contributed by atoms with E-state index in [0.29, 0.717) is 19.3 Å². The van der Waals surface area contributed by atoms with Crippen LogP contribution in [0.25, 0.3) is 0 Å². The minimum atomic E-state index is -0.764. The number of carbonyl (C=O) groups is 3. The van der Waals surface area contributed by atoms with E-state index in [-0.39, 0.29) is 43.5 Å². The van der Waals surface area contributed by atoms with E-state index < -0.39 is 11.5 Å². The fourth-order valence-electron chi connectivity index (χ4n) is 2.28. The van der Waals surface area contributed by atoms with Gasteiger partial charge >= 0.3 is 5.97 Å². The molecule has 0 aliphatic rings. The molecule has 0 unspecified atom stereocenters. The summed E-state index contributed by atoms with van der Waals surface area (Å²) in [6.07, 6.45) is 5.38. The molecular weight excluding hydrogens is 348 g/mol. The number of aliphatic hydroxyl groups is 1. The van der Waals surface area contributed by atoms with Crippen LogP contribution in [0.5, 0.6) is 0 Å². The molecule has 0 bridgehead atoms. The molecule has 2 atom stereocenters. The van der Waals surface area contributed by atoms with Crippen molar-refractivity contribution in [2.24, 2.45) is 5.92 Å². The van der Waals surface area contributed by atoms with E-state index >= 15 is 0 Å². The Kier molecular flexibility index (Phi) is 12.0. The lowest BCUT2D eigenvalue weighted by molar-refractivity contribution is -0.146. The summed E-state index contributed by atoms with van der Waals surface area (Å²) < 4.78 is 5.23. The number of ether oxygens (including phenoxy) is 1. The van der Waals surface area contributed by atoms with Crippen molar-refractivity contribution in [2.45, 2.75) is 64.5 Å². The number of aliphatic hydroxyl groups excluding tert-OH is 1. The van der Waals surface area contributed by atoms with E-state index in [1.807, 2.05) is 0 Å². The molecule has 0 rings (SSSR count). The summed E-state index contributed by atoms with van der Waals surface area (Å²) in [5.41, 5.74) is -0.764. The highest BCUT2D eigenvalue weighted by atomic mass is 16.5. The number of carbonyl (C=O) groups excluding carboxylic acids is 3. The Morgan fingerprint density at radius 1 is 1.22 bits per heavy atom. The van der Waals surface area contributed by atoms with Crippen LogP contribution in [0.1, 0.15) is 52.9 Å². The lowest BCUT2D eigenvalue weighted by atomic mass is 9.97. The first-order chi connectivity index (χ1) is 12.6. The molecule has 0 saturated carbocycles. The first-order valence-electron chi connectivity index (χ1n) is 9.24. The van der Waals surface area contributed by atoms with Gasteiger partial charge in [-0.15, -0.1) is 13.2 Å². The molecule has 154 valence electrons. The van der Waals surface area contributed by atoms with Crippen molar-refractivity contribution in [3.05, 3.63) is 25.3 Å². The van der Waals surface area contributed by atoms with Gasteiger partial charge in [0.15, 0.2) is 0 Å². The molecule has 0 aromatic rings. The highest BCUT2D eigenvalue weighted by molar-refractivity contribution is 5.86. The van der Waals surface area contributed by atoms with E-state index in [2.05, 4.69) is 23.8 Å². The first kappa shape index (κ1) is 24.8. The molecule has 0 aliphatic heterocycles. The Labute approximate surface area is 162 Å². The topological polar surface area (TPSA) is 105 Å². The van der Waals surface area contributed by atoms with Crippen molar-refractivity contribution >= 4 is 17.8 Å². The van der Waals surface area contributed by atoms with Gasteiger partial charge < -0.3 is 20.5 Å². The van der Waals surface area contributed by atoms with Crippen LogP contribution in [0.15, 0.2) is 25.3 Å². The number of rotatable bonds is 14. The third-order valence-electron chi connectivity index (χ3n) is 3.78. The largest absolute Gasteiger partial charge is 0.463 e. The Hall–Kier alpha value is -2.15. The Morgan fingerprint density at radius 3 is 2.44 bits per heavy atom. The summed E-state index contributed by atoms with van der Waals surface area (Å²) in [7, 11) is 0. The predicted octanol–water partition coefficient (Wildman–Crippen LogP) is 1.86. The van der Waals surface area contributed by atoms with Crippen LogP contribution in [-0.4, -0.2) is 47.7 Å². The number of allylic oxidation sites excluding steroid dienone is 2. The van der Waals surface area contributed by atoms with E-state index in [9.17, 15) is 14.4 Å². The zero-order valence-corrected chi connectivity index (χ0v) is 16.8. The fourth-order valence-corrected chi connectivity index (χ4v) is 2.28. The van der Waals surface area contributed by atoms with Gasteiger partial charge in [0.25, 0.3) is 0 Å². The highest BCUT2D eigenvalue weighted by Crippen LogP contribution is 2.13. The smallest absolute Gasteiger partial charge is 0.305 e. The van der Waals surface area contributed by atoms with Crippen LogP contribution >= 0.6 is 0 Å². The van der Waals surface area contributed by atoms with Gasteiger partial charge in [0.1, 0.15) is 6.61 Å². The highest BCUT2D eigenvalue weighted by Gasteiger charge is 2.28. The molecule has 0 aliphatic carbocycles. The molecule has 2 amide bonds. The number of hydrogen-bond donors (Lipinski definition) is 3. The van der Waals surface area contributed by atoms with Crippen LogP contribution in [0.2, 0.25) is 0 Å². The van der Waals surface area contributed by atoms with Gasteiger partial charge in [0.05, 0.1) is 18.1 Å². The van der Waals surface area contributed by atoms with E-state index in [1.54, 1.807) is 32.9 Å². The second-order valence-corrected chi connectivity index (χ2v) is 7.29. The van der Waals surface area contributed by atoms with Crippen LogP contribution < -0.4 is 10.6 Å². The van der Waals surface area contributed by atoms with Crippen molar-refractivity contribution < 1.29 is 24.2 Å². The monoisotopic (exact) mass is 382 g/mol. The normalized spacial score (nSPS) is 13.2.